The van der Waals surface area contributed by atoms with Gasteiger partial charge in [0, 0.05) is 6.07 Å². The van der Waals surface area contributed by atoms with Crippen LogP contribution in [0, 0.1) is 11.8 Å². The van der Waals surface area contributed by atoms with Crippen LogP contribution in [0.5, 0.6) is 17.2 Å². The molecule has 0 spiro atoms. The summed E-state index contributed by atoms with van der Waals surface area (Å²) >= 11 is 0. The van der Waals surface area contributed by atoms with Gasteiger partial charge < -0.3 is 14.6 Å². The third kappa shape index (κ3) is 2.26. The number of carbonyl (C=O) groups excluding carboxylic acids is 1. The molecule has 0 radical (unpaired) electrons. The average molecular weight is 220 g/mol. The third-order valence-electron chi connectivity index (χ3n) is 1.99. The quantitative estimate of drug-likeness (QED) is 0.477. The van der Waals surface area contributed by atoms with Gasteiger partial charge in [0.05, 0.1) is 19.8 Å². The van der Waals surface area contributed by atoms with Gasteiger partial charge in [-0.15, -0.1) is 0 Å². The Bertz CT molecular complexity index is 466. The fraction of sp³-hybridized carbons (Fsp3) is 0.250. The third-order valence-corrected chi connectivity index (χ3v) is 1.99. The van der Waals surface area contributed by atoms with Crippen molar-refractivity contribution in [1.82, 2.24) is 0 Å². The molecule has 0 saturated heterocycles. The van der Waals surface area contributed by atoms with E-state index in [1.165, 1.54) is 26.4 Å². The largest absolute Gasteiger partial charge is 0.504 e. The van der Waals surface area contributed by atoms with Crippen molar-refractivity contribution in [2.75, 3.05) is 14.2 Å². The lowest BCUT2D eigenvalue weighted by atomic mass is 10.1. The van der Waals surface area contributed by atoms with Crippen LogP contribution in [-0.4, -0.2) is 25.1 Å². The Hall–Kier alpha value is -2.15. The van der Waals surface area contributed by atoms with Gasteiger partial charge in [-0.2, -0.15) is 0 Å². The average Bonchev–Trinajstić information content (AvgIpc) is 2.29. The Labute approximate surface area is 93.8 Å². The maximum Gasteiger partial charge on any atom is 0.239 e. The van der Waals surface area contributed by atoms with Gasteiger partial charge in [-0.05, 0) is 18.9 Å². The second kappa shape index (κ2) is 5.08. The van der Waals surface area contributed by atoms with Crippen molar-refractivity contribution in [3.05, 3.63) is 17.7 Å². The fourth-order valence-corrected chi connectivity index (χ4v) is 1.21. The first-order chi connectivity index (χ1) is 7.63. The molecule has 0 amide bonds. The lowest BCUT2D eigenvalue weighted by Gasteiger charge is -2.09. The highest BCUT2D eigenvalue weighted by Gasteiger charge is 2.15. The second-order valence-corrected chi connectivity index (χ2v) is 2.93. The minimum Gasteiger partial charge on any atom is -0.504 e. The van der Waals surface area contributed by atoms with E-state index in [0.29, 0.717) is 5.75 Å². The molecule has 16 heavy (non-hydrogen) atoms. The molecule has 0 aliphatic carbocycles. The Kier molecular flexibility index (Phi) is 3.78. The predicted octanol–water partition coefficient (Wildman–Crippen LogP) is 1.62. The molecule has 84 valence electrons. The first-order valence-electron chi connectivity index (χ1n) is 4.56. The van der Waals surface area contributed by atoms with Crippen LogP contribution in [0.1, 0.15) is 17.3 Å². The molecule has 0 saturated carbocycles. The number of ether oxygens (including phenoxy) is 2. The second-order valence-electron chi connectivity index (χ2n) is 2.93. The maximum absolute atomic E-state index is 11.6. The number of Topliss-reactive ketones (excluding diaryl/α,β-unsaturated/α-hetero) is 1. The van der Waals surface area contributed by atoms with Crippen LogP contribution in [0.4, 0.5) is 0 Å². The lowest BCUT2D eigenvalue weighted by molar-refractivity contribution is 0.105. The number of carbonyl (C=O) groups is 1. The van der Waals surface area contributed by atoms with E-state index in [1.807, 2.05) is 0 Å². The molecule has 1 rings (SSSR count). The van der Waals surface area contributed by atoms with Crippen LogP contribution in [0.2, 0.25) is 0 Å². The summed E-state index contributed by atoms with van der Waals surface area (Å²) in [7, 11) is 2.86. The number of phenolic OH excluding ortho intramolecular Hbond substituents is 1. The van der Waals surface area contributed by atoms with Crippen LogP contribution in [-0.2, 0) is 0 Å². The maximum atomic E-state index is 11.6. The van der Waals surface area contributed by atoms with Gasteiger partial charge in [-0.25, -0.2) is 0 Å². The molecule has 0 bridgehead atoms. The van der Waals surface area contributed by atoms with Gasteiger partial charge in [-0.1, -0.05) is 5.92 Å². The fourth-order valence-electron chi connectivity index (χ4n) is 1.21. The summed E-state index contributed by atoms with van der Waals surface area (Å²) < 4.78 is 9.92. The van der Waals surface area contributed by atoms with E-state index >= 15 is 0 Å². The summed E-state index contributed by atoms with van der Waals surface area (Å²) in [4.78, 5) is 11.6. The molecule has 1 N–H and O–H groups in total. The van der Waals surface area contributed by atoms with Crippen molar-refractivity contribution in [3.63, 3.8) is 0 Å². The minimum atomic E-state index is -0.475. The van der Waals surface area contributed by atoms with Crippen molar-refractivity contribution >= 4 is 5.78 Å². The molecule has 0 aliphatic heterocycles. The molecule has 0 atom stereocenters. The molecule has 0 unspecified atom stereocenters. The van der Waals surface area contributed by atoms with Crippen LogP contribution in [0.3, 0.4) is 0 Å². The Morgan fingerprint density at radius 1 is 1.31 bits per heavy atom. The molecular formula is C12H12O4. The predicted molar refractivity (Wildman–Crippen MR) is 59.0 cm³/mol. The number of methoxy groups -OCH3 is 2. The summed E-state index contributed by atoms with van der Waals surface area (Å²) in [5, 5.41) is 9.74. The lowest BCUT2D eigenvalue weighted by Crippen LogP contribution is -1.99. The van der Waals surface area contributed by atoms with Gasteiger partial charge in [0.25, 0.3) is 0 Å². The van der Waals surface area contributed by atoms with E-state index in [4.69, 9.17) is 9.47 Å². The molecule has 1 aromatic rings. The van der Waals surface area contributed by atoms with Gasteiger partial charge in [0.2, 0.25) is 5.78 Å². The SMILES string of the molecule is CC#CC(=O)c1cc(OC)cc(OC)c1O. The van der Waals surface area contributed by atoms with E-state index in [-0.39, 0.29) is 17.1 Å². The van der Waals surface area contributed by atoms with Crippen LogP contribution >= 0.6 is 0 Å². The smallest absolute Gasteiger partial charge is 0.239 e. The van der Waals surface area contributed by atoms with Crippen molar-refractivity contribution in [2.24, 2.45) is 0 Å². The number of phenols is 1. The first-order valence-corrected chi connectivity index (χ1v) is 4.56. The Morgan fingerprint density at radius 2 is 2.00 bits per heavy atom. The number of ketones is 1. The van der Waals surface area contributed by atoms with Gasteiger partial charge >= 0.3 is 0 Å². The van der Waals surface area contributed by atoms with E-state index in [0.717, 1.165) is 0 Å². The Balaban J connectivity index is 3.35. The molecule has 4 heteroatoms. The first kappa shape index (κ1) is 11.9. The monoisotopic (exact) mass is 220 g/mol. The van der Waals surface area contributed by atoms with Crippen molar-refractivity contribution < 1.29 is 19.4 Å². The number of rotatable bonds is 3. The van der Waals surface area contributed by atoms with Crippen LogP contribution in [0.15, 0.2) is 12.1 Å². The summed E-state index contributed by atoms with van der Waals surface area (Å²) in [6, 6.07) is 2.91. The summed E-state index contributed by atoms with van der Waals surface area (Å²) in [5.41, 5.74) is 0.0746. The highest BCUT2D eigenvalue weighted by Crippen LogP contribution is 2.34. The number of hydrogen-bond acceptors (Lipinski definition) is 4. The highest BCUT2D eigenvalue weighted by molar-refractivity contribution is 6.11. The van der Waals surface area contributed by atoms with Crippen molar-refractivity contribution in [1.29, 1.82) is 0 Å². The van der Waals surface area contributed by atoms with Gasteiger partial charge in [-0.3, -0.25) is 4.79 Å². The molecule has 0 aromatic heterocycles. The molecule has 0 aliphatic rings. The van der Waals surface area contributed by atoms with Gasteiger partial charge in [0.15, 0.2) is 11.5 Å². The molecule has 4 nitrogen and oxygen atoms in total. The normalized spacial score (nSPS) is 8.94. The summed E-state index contributed by atoms with van der Waals surface area (Å²) in [6.45, 7) is 1.55. The highest BCUT2D eigenvalue weighted by atomic mass is 16.5. The topological polar surface area (TPSA) is 55.8 Å². The molecule has 1 aromatic carbocycles. The minimum absolute atomic E-state index is 0.0746. The summed E-state index contributed by atoms with van der Waals surface area (Å²) in [6.07, 6.45) is 0. The van der Waals surface area contributed by atoms with E-state index in [9.17, 15) is 9.90 Å². The van der Waals surface area contributed by atoms with Crippen molar-refractivity contribution in [2.45, 2.75) is 6.92 Å². The summed E-state index contributed by atoms with van der Waals surface area (Å²) in [5.74, 6) is 4.73. The van der Waals surface area contributed by atoms with E-state index in [2.05, 4.69) is 11.8 Å². The van der Waals surface area contributed by atoms with E-state index in [1.54, 1.807) is 6.92 Å². The zero-order valence-electron chi connectivity index (χ0n) is 9.33. The van der Waals surface area contributed by atoms with Crippen LogP contribution in [0.25, 0.3) is 0 Å². The van der Waals surface area contributed by atoms with Crippen molar-refractivity contribution in [3.8, 4) is 29.1 Å². The zero-order chi connectivity index (χ0) is 12.1. The molecule has 0 heterocycles. The van der Waals surface area contributed by atoms with Crippen LogP contribution < -0.4 is 9.47 Å². The molecule has 0 fully saturated rings. The Morgan fingerprint density at radius 3 is 2.50 bits per heavy atom. The number of hydrogen-bond donors (Lipinski definition) is 1. The number of benzene rings is 1. The van der Waals surface area contributed by atoms with E-state index < -0.39 is 5.78 Å². The molecular weight excluding hydrogens is 208 g/mol. The zero-order valence-corrected chi connectivity index (χ0v) is 9.33. The van der Waals surface area contributed by atoms with Gasteiger partial charge in [0.1, 0.15) is 5.75 Å². The standard InChI is InChI=1S/C12H12O4/c1-4-5-10(13)9-6-8(15-2)7-11(16-3)12(9)14/h6-7,14H,1-3H3. The number of aromatic hydroxyl groups is 1.